The second-order valence-corrected chi connectivity index (χ2v) is 5.31. The maximum absolute atomic E-state index is 12.4. The molecule has 19 heavy (non-hydrogen) atoms. The SMILES string of the molecule is CN(Cc1ccc(C#N)cc1)C(=O)C1(CN)CCC1. The van der Waals surface area contributed by atoms with Crippen molar-refractivity contribution in [3.05, 3.63) is 35.4 Å². The van der Waals surface area contributed by atoms with Gasteiger partial charge in [-0.3, -0.25) is 4.79 Å². The highest BCUT2D eigenvalue weighted by atomic mass is 16.2. The first-order valence-electron chi connectivity index (χ1n) is 6.56. The molecule has 1 fully saturated rings. The lowest BCUT2D eigenvalue weighted by molar-refractivity contribution is -0.145. The Morgan fingerprint density at radius 1 is 1.42 bits per heavy atom. The van der Waals surface area contributed by atoms with E-state index in [0.29, 0.717) is 18.7 Å². The van der Waals surface area contributed by atoms with E-state index in [0.717, 1.165) is 24.8 Å². The zero-order chi connectivity index (χ0) is 13.9. The minimum atomic E-state index is -0.318. The van der Waals surface area contributed by atoms with Crippen LogP contribution in [-0.4, -0.2) is 24.4 Å². The standard InChI is InChI=1S/C15H19N3O/c1-18(14(19)15(11-17)7-2-8-15)10-13-5-3-12(9-16)4-6-13/h3-6H,2,7-8,10-11,17H2,1H3. The Kier molecular flexibility index (Phi) is 3.87. The van der Waals surface area contributed by atoms with E-state index in [-0.39, 0.29) is 11.3 Å². The third kappa shape index (κ3) is 2.61. The molecule has 0 heterocycles. The van der Waals surface area contributed by atoms with Crippen LogP contribution in [0.3, 0.4) is 0 Å². The predicted octanol–water partition coefficient (Wildman–Crippen LogP) is 1.65. The van der Waals surface area contributed by atoms with E-state index in [1.165, 1.54) is 0 Å². The van der Waals surface area contributed by atoms with E-state index in [1.807, 2.05) is 19.2 Å². The smallest absolute Gasteiger partial charge is 0.230 e. The second-order valence-electron chi connectivity index (χ2n) is 5.31. The van der Waals surface area contributed by atoms with E-state index in [2.05, 4.69) is 6.07 Å². The van der Waals surface area contributed by atoms with Gasteiger partial charge in [0, 0.05) is 20.1 Å². The molecule has 4 nitrogen and oxygen atoms in total. The van der Waals surface area contributed by atoms with Gasteiger partial charge in [0.1, 0.15) is 0 Å². The van der Waals surface area contributed by atoms with Crippen LogP contribution in [0.5, 0.6) is 0 Å². The lowest BCUT2D eigenvalue weighted by Gasteiger charge is -2.41. The lowest BCUT2D eigenvalue weighted by atomic mass is 9.68. The van der Waals surface area contributed by atoms with Gasteiger partial charge in [0.05, 0.1) is 17.0 Å². The summed E-state index contributed by atoms with van der Waals surface area (Å²) < 4.78 is 0. The van der Waals surface area contributed by atoms with Crippen molar-refractivity contribution in [2.75, 3.05) is 13.6 Å². The predicted molar refractivity (Wildman–Crippen MR) is 73.0 cm³/mol. The number of carbonyl (C=O) groups is 1. The average Bonchev–Trinajstić information content (AvgIpc) is 2.39. The second kappa shape index (κ2) is 5.41. The van der Waals surface area contributed by atoms with Gasteiger partial charge in [0.2, 0.25) is 5.91 Å². The molecule has 0 spiro atoms. The highest BCUT2D eigenvalue weighted by molar-refractivity contribution is 5.83. The van der Waals surface area contributed by atoms with E-state index < -0.39 is 0 Å². The monoisotopic (exact) mass is 257 g/mol. The molecule has 0 aromatic heterocycles. The average molecular weight is 257 g/mol. The molecule has 0 bridgehead atoms. The van der Waals surface area contributed by atoms with Crippen molar-refractivity contribution in [1.29, 1.82) is 5.26 Å². The molecule has 1 aliphatic carbocycles. The third-order valence-corrected chi connectivity index (χ3v) is 4.00. The number of nitriles is 1. The van der Waals surface area contributed by atoms with Crippen molar-refractivity contribution >= 4 is 5.91 Å². The molecule has 0 radical (unpaired) electrons. The first-order valence-corrected chi connectivity index (χ1v) is 6.56. The number of carbonyl (C=O) groups excluding carboxylic acids is 1. The van der Waals surface area contributed by atoms with Crippen molar-refractivity contribution in [2.45, 2.75) is 25.8 Å². The van der Waals surface area contributed by atoms with Gasteiger partial charge in [-0.1, -0.05) is 18.6 Å². The third-order valence-electron chi connectivity index (χ3n) is 4.00. The fourth-order valence-corrected chi connectivity index (χ4v) is 2.54. The number of hydrogen-bond donors (Lipinski definition) is 1. The largest absolute Gasteiger partial charge is 0.341 e. The van der Waals surface area contributed by atoms with Gasteiger partial charge in [-0.05, 0) is 30.5 Å². The van der Waals surface area contributed by atoms with Crippen LogP contribution >= 0.6 is 0 Å². The number of benzene rings is 1. The van der Waals surface area contributed by atoms with E-state index in [4.69, 9.17) is 11.0 Å². The Morgan fingerprint density at radius 3 is 2.47 bits per heavy atom. The molecule has 4 heteroatoms. The zero-order valence-electron chi connectivity index (χ0n) is 11.2. The highest BCUT2D eigenvalue weighted by Crippen LogP contribution is 2.41. The van der Waals surface area contributed by atoms with Crippen molar-refractivity contribution in [1.82, 2.24) is 4.90 Å². The maximum atomic E-state index is 12.4. The fourth-order valence-electron chi connectivity index (χ4n) is 2.54. The van der Waals surface area contributed by atoms with Crippen LogP contribution in [0.4, 0.5) is 0 Å². The van der Waals surface area contributed by atoms with Crippen molar-refractivity contribution in [3.63, 3.8) is 0 Å². The number of rotatable bonds is 4. The fraction of sp³-hybridized carbons (Fsp3) is 0.467. The topological polar surface area (TPSA) is 70.1 Å². The zero-order valence-corrected chi connectivity index (χ0v) is 11.2. The normalized spacial score (nSPS) is 16.3. The minimum absolute atomic E-state index is 0.144. The van der Waals surface area contributed by atoms with Gasteiger partial charge in [0.25, 0.3) is 0 Å². The van der Waals surface area contributed by atoms with Crippen LogP contribution in [0.1, 0.15) is 30.4 Å². The molecule has 2 N–H and O–H groups in total. The minimum Gasteiger partial charge on any atom is -0.341 e. The molecule has 1 aliphatic rings. The van der Waals surface area contributed by atoms with E-state index in [1.54, 1.807) is 17.0 Å². The van der Waals surface area contributed by atoms with Gasteiger partial charge in [-0.25, -0.2) is 0 Å². The first kappa shape index (κ1) is 13.6. The lowest BCUT2D eigenvalue weighted by Crippen LogP contribution is -2.50. The summed E-state index contributed by atoms with van der Waals surface area (Å²) in [4.78, 5) is 14.1. The molecule has 1 aromatic carbocycles. The molecule has 0 atom stereocenters. The Balaban J connectivity index is 2.02. The van der Waals surface area contributed by atoms with Crippen LogP contribution in [0.15, 0.2) is 24.3 Å². The summed E-state index contributed by atoms with van der Waals surface area (Å²) in [7, 11) is 1.82. The Hall–Kier alpha value is -1.86. The summed E-state index contributed by atoms with van der Waals surface area (Å²) >= 11 is 0. The molecule has 100 valence electrons. The van der Waals surface area contributed by atoms with Crippen LogP contribution in [-0.2, 0) is 11.3 Å². The van der Waals surface area contributed by atoms with Crippen LogP contribution in [0, 0.1) is 16.7 Å². The summed E-state index contributed by atoms with van der Waals surface area (Å²) in [5.74, 6) is 0.144. The Bertz CT molecular complexity index is 492. The molecular formula is C15H19N3O. The molecule has 0 unspecified atom stereocenters. The summed E-state index contributed by atoms with van der Waals surface area (Å²) in [6.07, 6.45) is 2.90. The highest BCUT2D eigenvalue weighted by Gasteiger charge is 2.44. The number of amides is 1. The van der Waals surface area contributed by atoms with Crippen molar-refractivity contribution in [2.24, 2.45) is 11.1 Å². The van der Waals surface area contributed by atoms with Gasteiger partial charge >= 0.3 is 0 Å². The molecule has 0 aliphatic heterocycles. The first-order chi connectivity index (χ1) is 9.11. The molecular weight excluding hydrogens is 238 g/mol. The van der Waals surface area contributed by atoms with Crippen LogP contribution in [0.2, 0.25) is 0 Å². The molecule has 0 saturated heterocycles. The van der Waals surface area contributed by atoms with Gasteiger partial charge < -0.3 is 10.6 Å². The van der Waals surface area contributed by atoms with E-state index >= 15 is 0 Å². The number of hydrogen-bond acceptors (Lipinski definition) is 3. The van der Waals surface area contributed by atoms with Gasteiger partial charge in [0.15, 0.2) is 0 Å². The summed E-state index contributed by atoms with van der Waals surface area (Å²) in [6, 6.07) is 9.41. The van der Waals surface area contributed by atoms with Crippen molar-refractivity contribution < 1.29 is 4.79 Å². The maximum Gasteiger partial charge on any atom is 0.230 e. The molecule has 2 rings (SSSR count). The molecule has 1 saturated carbocycles. The Labute approximate surface area is 113 Å². The molecule has 1 aromatic rings. The van der Waals surface area contributed by atoms with Crippen molar-refractivity contribution in [3.8, 4) is 6.07 Å². The number of nitrogens with two attached hydrogens (primary N) is 1. The quantitative estimate of drug-likeness (QED) is 0.891. The summed E-state index contributed by atoms with van der Waals surface area (Å²) in [5, 5.41) is 8.75. The van der Waals surface area contributed by atoms with Gasteiger partial charge in [-0.2, -0.15) is 5.26 Å². The Morgan fingerprint density at radius 2 is 2.05 bits per heavy atom. The van der Waals surface area contributed by atoms with Crippen LogP contribution < -0.4 is 5.73 Å². The molecule has 1 amide bonds. The summed E-state index contributed by atoms with van der Waals surface area (Å²) in [5.41, 5.74) is 7.10. The number of nitrogens with zero attached hydrogens (tertiary/aromatic N) is 2. The van der Waals surface area contributed by atoms with E-state index in [9.17, 15) is 4.79 Å². The van der Waals surface area contributed by atoms with Crippen LogP contribution in [0.25, 0.3) is 0 Å². The summed E-state index contributed by atoms with van der Waals surface area (Å²) in [6.45, 7) is 0.996. The van der Waals surface area contributed by atoms with Gasteiger partial charge in [-0.15, -0.1) is 0 Å².